The predicted octanol–water partition coefficient (Wildman–Crippen LogP) is 3.26. The minimum atomic E-state index is -0.129. The van der Waals surface area contributed by atoms with Crippen molar-refractivity contribution in [3.8, 4) is 0 Å². The smallest absolute Gasteiger partial charge is 0.247 e. The Kier molecular flexibility index (Phi) is 6.16. The molecule has 0 aromatic heterocycles. The zero-order valence-electron chi connectivity index (χ0n) is 14.6. The van der Waals surface area contributed by atoms with Gasteiger partial charge in [-0.25, -0.2) is 0 Å². The molecule has 0 spiro atoms. The van der Waals surface area contributed by atoms with Gasteiger partial charge in [-0.15, -0.1) is 0 Å². The van der Waals surface area contributed by atoms with Crippen LogP contribution in [0.5, 0.6) is 0 Å². The molecule has 27 heavy (non-hydrogen) atoms. The summed E-state index contributed by atoms with van der Waals surface area (Å²) in [4.78, 5) is 36.9. The Labute approximate surface area is 162 Å². The molecule has 0 unspecified atom stereocenters. The zero-order valence-corrected chi connectivity index (χ0v) is 15.3. The molecule has 0 N–H and O–H groups in total. The van der Waals surface area contributed by atoms with E-state index in [9.17, 15) is 14.4 Å². The maximum absolute atomic E-state index is 12.7. The predicted molar refractivity (Wildman–Crippen MR) is 103 cm³/mol. The second-order valence-corrected chi connectivity index (χ2v) is 6.52. The third-order valence-electron chi connectivity index (χ3n) is 4.40. The maximum Gasteiger partial charge on any atom is 0.247 e. The SMILES string of the molecule is O=Cc1ccc(C(=CC(=O)N2CCOCC2)c2ccc(Cl)cc2)cc1C=O. The van der Waals surface area contributed by atoms with Gasteiger partial charge in [0.1, 0.15) is 0 Å². The number of ether oxygens (including phenoxy) is 1. The number of carbonyl (C=O) groups excluding carboxylic acids is 3. The van der Waals surface area contributed by atoms with Crippen LogP contribution in [0.25, 0.3) is 5.57 Å². The Morgan fingerprint density at radius 2 is 1.56 bits per heavy atom. The molecule has 0 aliphatic carbocycles. The number of halogens is 1. The molecule has 0 radical (unpaired) electrons. The van der Waals surface area contributed by atoms with E-state index < -0.39 is 0 Å². The lowest BCUT2D eigenvalue weighted by Gasteiger charge is -2.26. The van der Waals surface area contributed by atoms with Gasteiger partial charge in [-0.1, -0.05) is 35.9 Å². The molecule has 1 heterocycles. The first-order chi connectivity index (χ1) is 13.1. The molecule has 1 amide bonds. The van der Waals surface area contributed by atoms with Crippen LogP contribution in [0.2, 0.25) is 5.02 Å². The average Bonchev–Trinajstić information content (AvgIpc) is 2.72. The first-order valence-corrected chi connectivity index (χ1v) is 8.89. The van der Waals surface area contributed by atoms with Crippen molar-refractivity contribution in [1.82, 2.24) is 4.90 Å². The first kappa shape index (κ1) is 19.0. The fraction of sp³-hybridized carbons (Fsp3) is 0.190. The van der Waals surface area contributed by atoms with Crippen molar-refractivity contribution in [3.05, 3.63) is 75.8 Å². The van der Waals surface area contributed by atoms with E-state index in [1.807, 2.05) is 12.1 Å². The summed E-state index contributed by atoms with van der Waals surface area (Å²) in [5, 5.41) is 0.586. The number of aldehydes is 2. The van der Waals surface area contributed by atoms with Crippen LogP contribution >= 0.6 is 11.6 Å². The van der Waals surface area contributed by atoms with Crippen LogP contribution in [0, 0.1) is 0 Å². The van der Waals surface area contributed by atoms with Gasteiger partial charge in [-0.2, -0.15) is 0 Å². The highest BCUT2D eigenvalue weighted by Gasteiger charge is 2.17. The minimum absolute atomic E-state index is 0.129. The summed E-state index contributed by atoms with van der Waals surface area (Å²) in [6.45, 7) is 2.10. The molecule has 138 valence electrons. The summed E-state index contributed by atoms with van der Waals surface area (Å²) in [7, 11) is 0. The van der Waals surface area contributed by atoms with Crippen molar-refractivity contribution in [2.45, 2.75) is 0 Å². The van der Waals surface area contributed by atoms with Gasteiger partial charge in [0.25, 0.3) is 0 Å². The van der Waals surface area contributed by atoms with E-state index >= 15 is 0 Å². The van der Waals surface area contributed by atoms with Crippen molar-refractivity contribution >= 4 is 35.7 Å². The molecular formula is C21H18ClNO4. The molecule has 0 bridgehead atoms. The largest absolute Gasteiger partial charge is 0.378 e. The topological polar surface area (TPSA) is 63.7 Å². The van der Waals surface area contributed by atoms with Gasteiger partial charge < -0.3 is 9.64 Å². The molecule has 0 saturated carbocycles. The van der Waals surface area contributed by atoms with Gasteiger partial charge in [-0.05, 0) is 34.9 Å². The van der Waals surface area contributed by atoms with Gasteiger partial charge in [0, 0.05) is 35.3 Å². The number of carbonyl (C=O) groups is 3. The fourth-order valence-electron chi connectivity index (χ4n) is 2.91. The lowest BCUT2D eigenvalue weighted by molar-refractivity contribution is -0.129. The maximum atomic E-state index is 12.7. The number of hydrogen-bond donors (Lipinski definition) is 0. The van der Waals surface area contributed by atoms with Crippen molar-refractivity contribution < 1.29 is 19.1 Å². The number of rotatable bonds is 5. The van der Waals surface area contributed by atoms with E-state index in [4.69, 9.17) is 16.3 Å². The number of nitrogens with zero attached hydrogens (tertiary/aromatic N) is 1. The number of morpholine rings is 1. The van der Waals surface area contributed by atoms with Crippen LogP contribution in [0.3, 0.4) is 0 Å². The standard InChI is InChI=1S/C21H18ClNO4/c22-19-5-3-15(4-6-19)20(12-21(26)23-7-9-27-10-8-23)16-1-2-17(13-24)18(11-16)14-25/h1-6,11-14H,7-10H2. The molecule has 2 aromatic carbocycles. The van der Waals surface area contributed by atoms with Gasteiger partial charge in [0.15, 0.2) is 12.6 Å². The molecule has 5 nitrogen and oxygen atoms in total. The molecule has 1 saturated heterocycles. The highest BCUT2D eigenvalue weighted by atomic mass is 35.5. The Morgan fingerprint density at radius 1 is 0.926 bits per heavy atom. The lowest BCUT2D eigenvalue weighted by Crippen LogP contribution is -2.39. The zero-order chi connectivity index (χ0) is 19.2. The molecule has 6 heteroatoms. The quantitative estimate of drug-likeness (QED) is 0.587. The molecular weight excluding hydrogens is 366 g/mol. The van der Waals surface area contributed by atoms with Crippen molar-refractivity contribution in [2.24, 2.45) is 0 Å². The molecule has 3 rings (SSSR count). The third-order valence-corrected chi connectivity index (χ3v) is 4.65. The normalized spacial score (nSPS) is 14.7. The van der Waals surface area contributed by atoms with Crippen LogP contribution in [-0.4, -0.2) is 49.7 Å². The van der Waals surface area contributed by atoms with Crippen molar-refractivity contribution in [3.63, 3.8) is 0 Å². The van der Waals surface area contributed by atoms with Crippen molar-refractivity contribution in [2.75, 3.05) is 26.3 Å². The molecule has 1 aliphatic heterocycles. The van der Waals surface area contributed by atoms with E-state index in [0.717, 1.165) is 5.56 Å². The van der Waals surface area contributed by atoms with Gasteiger partial charge in [-0.3, -0.25) is 14.4 Å². The summed E-state index contributed by atoms with van der Waals surface area (Å²) in [6, 6.07) is 12.0. The summed E-state index contributed by atoms with van der Waals surface area (Å²) < 4.78 is 5.29. The highest BCUT2D eigenvalue weighted by Crippen LogP contribution is 2.26. The Balaban J connectivity index is 2.05. The second kappa shape index (κ2) is 8.75. The molecule has 0 atom stereocenters. The Morgan fingerprint density at radius 3 is 2.19 bits per heavy atom. The van der Waals surface area contributed by atoms with Gasteiger partial charge in [0.2, 0.25) is 5.91 Å². The second-order valence-electron chi connectivity index (χ2n) is 6.08. The summed E-state index contributed by atoms with van der Waals surface area (Å²) in [5.41, 5.74) is 2.71. The van der Waals surface area contributed by atoms with E-state index in [0.29, 0.717) is 60.6 Å². The lowest BCUT2D eigenvalue weighted by atomic mass is 9.94. The fourth-order valence-corrected chi connectivity index (χ4v) is 3.04. The van der Waals surface area contributed by atoms with Crippen molar-refractivity contribution in [1.29, 1.82) is 0 Å². The Hall–Kier alpha value is -2.76. The van der Waals surface area contributed by atoms with E-state index in [-0.39, 0.29) is 11.5 Å². The van der Waals surface area contributed by atoms with E-state index in [2.05, 4.69) is 0 Å². The van der Waals surface area contributed by atoms with Crippen LogP contribution < -0.4 is 0 Å². The average molecular weight is 384 g/mol. The highest BCUT2D eigenvalue weighted by molar-refractivity contribution is 6.30. The van der Waals surface area contributed by atoms with E-state index in [1.54, 1.807) is 41.3 Å². The first-order valence-electron chi connectivity index (χ1n) is 8.51. The minimum Gasteiger partial charge on any atom is -0.378 e. The molecule has 2 aromatic rings. The summed E-state index contributed by atoms with van der Waals surface area (Å²) >= 11 is 5.98. The molecule has 1 fully saturated rings. The summed E-state index contributed by atoms with van der Waals surface area (Å²) in [5.74, 6) is -0.129. The van der Waals surface area contributed by atoms with E-state index in [1.165, 1.54) is 0 Å². The number of amides is 1. The van der Waals surface area contributed by atoms with Gasteiger partial charge >= 0.3 is 0 Å². The van der Waals surface area contributed by atoms with Crippen LogP contribution in [0.1, 0.15) is 31.8 Å². The monoisotopic (exact) mass is 383 g/mol. The third kappa shape index (κ3) is 4.51. The Bertz CT molecular complexity index is 884. The van der Waals surface area contributed by atoms with Crippen LogP contribution in [-0.2, 0) is 9.53 Å². The number of benzene rings is 2. The van der Waals surface area contributed by atoms with Crippen LogP contribution in [0.15, 0.2) is 48.5 Å². The summed E-state index contributed by atoms with van der Waals surface area (Å²) in [6.07, 6.45) is 2.83. The van der Waals surface area contributed by atoms with Crippen LogP contribution in [0.4, 0.5) is 0 Å². The molecule has 1 aliphatic rings. The number of hydrogen-bond acceptors (Lipinski definition) is 4. The van der Waals surface area contributed by atoms with Gasteiger partial charge in [0.05, 0.1) is 13.2 Å².